The van der Waals surface area contributed by atoms with Crippen LogP contribution >= 0.6 is 23.2 Å². The molecule has 0 aliphatic rings. The van der Waals surface area contributed by atoms with Crippen molar-refractivity contribution in [3.63, 3.8) is 0 Å². The van der Waals surface area contributed by atoms with Gasteiger partial charge in [0.1, 0.15) is 22.2 Å². The predicted molar refractivity (Wildman–Crippen MR) is 118 cm³/mol. The minimum absolute atomic E-state index is 0.0177. The quantitative estimate of drug-likeness (QED) is 0.510. The fourth-order valence-corrected chi connectivity index (χ4v) is 4.59. The first-order valence-electron chi connectivity index (χ1n) is 9.28. The molecule has 3 aromatic rings. The Hall–Kier alpha value is -2.46. The predicted octanol–water partition coefficient (Wildman–Crippen LogP) is 4.69. The zero-order chi connectivity index (χ0) is 23.6. The van der Waals surface area contributed by atoms with Crippen molar-refractivity contribution in [3.05, 3.63) is 87.2 Å². The first-order valence-corrected chi connectivity index (χ1v) is 11.5. The lowest BCUT2D eigenvalue weighted by molar-refractivity contribution is 0.0778. The minimum Gasteiger partial charge on any atom is -0.356 e. The molecule has 1 amide bonds. The van der Waals surface area contributed by atoms with E-state index >= 15 is 0 Å². The Balaban J connectivity index is 1.78. The molecule has 0 fully saturated rings. The molecule has 0 unspecified atom stereocenters. The smallest absolute Gasteiger partial charge is 0.270 e. The number of carbonyl (C=O) groups is 1. The van der Waals surface area contributed by atoms with Gasteiger partial charge in [0.2, 0.25) is 10.0 Å². The molecular formula is C21H19Cl2F2N3O3S. The highest BCUT2D eigenvalue weighted by atomic mass is 35.5. The standard InChI is InChI=1S/C21H19Cl2F2N3O3S/c1-27(11-14-16(22)5-3-7-18(14)24)21(29)20-9-13(10-26-20)32(30,31)28(2)12-15-17(23)6-4-8-19(15)25/h3-10,26H,11-12H2,1-2H3. The molecule has 1 aromatic heterocycles. The Bertz CT molecular complexity index is 1220. The zero-order valence-electron chi connectivity index (χ0n) is 17.1. The molecule has 0 spiro atoms. The Morgan fingerprint density at radius 3 is 2.03 bits per heavy atom. The first-order chi connectivity index (χ1) is 15.0. The van der Waals surface area contributed by atoms with Crippen LogP contribution in [-0.4, -0.2) is 42.6 Å². The van der Waals surface area contributed by atoms with Crippen molar-refractivity contribution in [1.29, 1.82) is 0 Å². The van der Waals surface area contributed by atoms with Crippen molar-refractivity contribution in [1.82, 2.24) is 14.2 Å². The second-order valence-corrected chi connectivity index (χ2v) is 9.93. The number of rotatable bonds is 7. The van der Waals surface area contributed by atoms with Crippen LogP contribution in [0.3, 0.4) is 0 Å². The van der Waals surface area contributed by atoms with E-state index < -0.39 is 27.6 Å². The number of hydrogen-bond donors (Lipinski definition) is 1. The lowest BCUT2D eigenvalue weighted by Gasteiger charge is -2.18. The van der Waals surface area contributed by atoms with Crippen LogP contribution in [0.15, 0.2) is 53.6 Å². The third-order valence-corrected chi connectivity index (χ3v) is 7.33. The highest BCUT2D eigenvalue weighted by Gasteiger charge is 2.26. The minimum atomic E-state index is -4.06. The van der Waals surface area contributed by atoms with Gasteiger partial charge in [0, 0.05) is 48.0 Å². The van der Waals surface area contributed by atoms with Crippen molar-refractivity contribution in [3.8, 4) is 0 Å². The molecular weight excluding hydrogens is 483 g/mol. The molecule has 1 heterocycles. The van der Waals surface area contributed by atoms with Crippen molar-refractivity contribution in [2.75, 3.05) is 14.1 Å². The Labute approximate surface area is 194 Å². The second-order valence-electron chi connectivity index (χ2n) is 7.07. The van der Waals surface area contributed by atoms with Gasteiger partial charge >= 0.3 is 0 Å². The fourth-order valence-electron chi connectivity index (χ4n) is 3.02. The second kappa shape index (κ2) is 9.58. The number of benzene rings is 2. The van der Waals surface area contributed by atoms with Crippen molar-refractivity contribution >= 4 is 39.1 Å². The molecule has 6 nitrogen and oxygen atoms in total. The van der Waals surface area contributed by atoms with Gasteiger partial charge in [-0.2, -0.15) is 4.31 Å². The fraction of sp³-hybridized carbons (Fsp3) is 0.190. The summed E-state index contributed by atoms with van der Waals surface area (Å²) in [6.07, 6.45) is 1.16. The van der Waals surface area contributed by atoms with E-state index in [1.54, 1.807) is 0 Å². The van der Waals surface area contributed by atoms with E-state index in [-0.39, 0.29) is 44.9 Å². The van der Waals surface area contributed by atoms with Crippen LogP contribution in [0.2, 0.25) is 10.0 Å². The van der Waals surface area contributed by atoms with E-state index in [1.165, 1.54) is 55.4 Å². The molecule has 11 heteroatoms. The van der Waals surface area contributed by atoms with Crippen molar-refractivity contribution in [2.24, 2.45) is 0 Å². The molecule has 0 saturated carbocycles. The summed E-state index contributed by atoms with van der Waals surface area (Å²) in [6, 6.07) is 9.43. The largest absolute Gasteiger partial charge is 0.356 e. The van der Waals surface area contributed by atoms with E-state index in [4.69, 9.17) is 23.2 Å². The van der Waals surface area contributed by atoms with Crippen LogP contribution < -0.4 is 0 Å². The number of aromatic nitrogens is 1. The van der Waals surface area contributed by atoms with Crippen LogP contribution in [-0.2, 0) is 23.1 Å². The van der Waals surface area contributed by atoms with Crippen molar-refractivity contribution in [2.45, 2.75) is 18.0 Å². The Kier molecular flexibility index (Phi) is 7.24. The molecule has 0 bridgehead atoms. The summed E-state index contributed by atoms with van der Waals surface area (Å²) in [5.41, 5.74) is 0.162. The number of aromatic amines is 1. The molecule has 1 N–H and O–H groups in total. The maximum Gasteiger partial charge on any atom is 0.270 e. The van der Waals surface area contributed by atoms with Crippen LogP contribution in [0, 0.1) is 11.6 Å². The molecule has 0 aliphatic carbocycles. The van der Waals surface area contributed by atoms with Gasteiger partial charge in [-0.3, -0.25) is 4.79 Å². The summed E-state index contributed by atoms with van der Waals surface area (Å²) in [7, 11) is -1.34. The average Bonchev–Trinajstić information content (AvgIpc) is 3.24. The lowest BCUT2D eigenvalue weighted by atomic mass is 10.2. The Morgan fingerprint density at radius 1 is 0.969 bits per heavy atom. The van der Waals surface area contributed by atoms with Gasteiger partial charge in [-0.25, -0.2) is 17.2 Å². The SMILES string of the molecule is CN(Cc1c(F)cccc1Cl)C(=O)c1cc(S(=O)(=O)N(C)Cc2c(F)cccc2Cl)c[nH]1. The molecule has 3 rings (SSSR count). The van der Waals surface area contributed by atoms with E-state index in [0.29, 0.717) is 0 Å². The molecule has 0 atom stereocenters. The number of H-pyrrole nitrogens is 1. The zero-order valence-corrected chi connectivity index (χ0v) is 19.4. The monoisotopic (exact) mass is 501 g/mol. The summed E-state index contributed by atoms with van der Waals surface area (Å²) in [4.78, 5) is 16.4. The number of nitrogens with zero attached hydrogens (tertiary/aromatic N) is 2. The van der Waals surface area contributed by atoms with Gasteiger partial charge in [0.05, 0.1) is 6.54 Å². The number of hydrogen-bond acceptors (Lipinski definition) is 3. The molecule has 0 saturated heterocycles. The number of halogens is 4. The molecule has 0 radical (unpaired) electrons. The number of amides is 1. The van der Waals surface area contributed by atoms with E-state index in [9.17, 15) is 22.0 Å². The maximum atomic E-state index is 14.0. The van der Waals surface area contributed by atoms with Gasteiger partial charge in [-0.1, -0.05) is 35.3 Å². The number of sulfonamides is 1. The van der Waals surface area contributed by atoms with Gasteiger partial charge in [-0.05, 0) is 30.3 Å². The molecule has 32 heavy (non-hydrogen) atoms. The molecule has 170 valence electrons. The molecule has 2 aromatic carbocycles. The summed E-state index contributed by atoms with van der Waals surface area (Å²) in [5.74, 6) is -1.75. The maximum absolute atomic E-state index is 14.0. The topological polar surface area (TPSA) is 73.5 Å². The van der Waals surface area contributed by atoms with E-state index in [0.717, 1.165) is 16.6 Å². The summed E-state index contributed by atoms with van der Waals surface area (Å²) < 4.78 is 54.8. The van der Waals surface area contributed by atoms with E-state index in [2.05, 4.69) is 4.98 Å². The third-order valence-electron chi connectivity index (χ3n) is 4.84. The Morgan fingerprint density at radius 2 is 1.50 bits per heavy atom. The van der Waals surface area contributed by atoms with Crippen LogP contribution in [0.1, 0.15) is 21.6 Å². The third kappa shape index (κ3) is 4.96. The lowest BCUT2D eigenvalue weighted by Crippen LogP contribution is -2.27. The number of nitrogens with one attached hydrogen (secondary N) is 1. The van der Waals surface area contributed by atoms with Gasteiger partial charge < -0.3 is 9.88 Å². The van der Waals surface area contributed by atoms with Gasteiger partial charge in [0.25, 0.3) is 5.91 Å². The van der Waals surface area contributed by atoms with Crippen LogP contribution in [0.4, 0.5) is 8.78 Å². The van der Waals surface area contributed by atoms with E-state index in [1.807, 2.05) is 0 Å². The summed E-state index contributed by atoms with van der Waals surface area (Å²) in [5, 5.41) is 0.276. The normalized spacial score (nSPS) is 11.7. The highest BCUT2D eigenvalue weighted by Crippen LogP contribution is 2.25. The van der Waals surface area contributed by atoms with Gasteiger partial charge in [0.15, 0.2) is 0 Å². The van der Waals surface area contributed by atoms with Crippen molar-refractivity contribution < 1.29 is 22.0 Å². The van der Waals surface area contributed by atoms with Crippen LogP contribution in [0.5, 0.6) is 0 Å². The summed E-state index contributed by atoms with van der Waals surface area (Å²) in [6.45, 7) is -0.412. The highest BCUT2D eigenvalue weighted by molar-refractivity contribution is 7.89. The first kappa shape index (κ1) is 24.2. The molecule has 0 aliphatic heterocycles. The average molecular weight is 502 g/mol. The summed E-state index contributed by atoms with van der Waals surface area (Å²) >= 11 is 12.0. The van der Waals surface area contributed by atoms with Crippen LogP contribution in [0.25, 0.3) is 0 Å². The number of carbonyl (C=O) groups excluding carboxylic acids is 1. The van der Waals surface area contributed by atoms with Gasteiger partial charge in [-0.15, -0.1) is 0 Å².